The lowest BCUT2D eigenvalue weighted by Crippen LogP contribution is -2.11. The Kier molecular flexibility index (Phi) is 5.21. The highest BCUT2D eigenvalue weighted by molar-refractivity contribution is 7.89. The minimum Gasteiger partial charge on any atom is -0.497 e. The van der Waals surface area contributed by atoms with Gasteiger partial charge in [-0.2, -0.15) is 0 Å². The van der Waals surface area contributed by atoms with Gasteiger partial charge in [0.05, 0.1) is 17.5 Å². The van der Waals surface area contributed by atoms with Crippen molar-refractivity contribution in [2.45, 2.75) is 4.90 Å². The molecular formula is C21H18N4O4S. The maximum absolute atomic E-state index is 11.4. The number of primary sulfonamides is 1. The second kappa shape index (κ2) is 7.97. The molecule has 152 valence electrons. The molecule has 30 heavy (non-hydrogen) atoms. The van der Waals surface area contributed by atoms with E-state index in [1.54, 1.807) is 31.5 Å². The Hall–Kier alpha value is -3.69. The van der Waals surface area contributed by atoms with Crippen LogP contribution in [0.5, 0.6) is 17.2 Å². The van der Waals surface area contributed by atoms with Gasteiger partial charge in [-0.1, -0.05) is 6.07 Å². The average Bonchev–Trinajstić information content (AvgIpc) is 2.73. The molecule has 0 saturated carbocycles. The summed E-state index contributed by atoms with van der Waals surface area (Å²) in [5.74, 6) is 2.34. The molecule has 0 amide bonds. The third kappa shape index (κ3) is 4.48. The second-order valence-corrected chi connectivity index (χ2v) is 7.95. The molecule has 1 aromatic heterocycles. The number of aromatic nitrogens is 2. The van der Waals surface area contributed by atoms with Crippen LogP contribution in [0.1, 0.15) is 0 Å². The smallest absolute Gasteiger partial charge is 0.238 e. The van der Waals surface area contributed by atoms with Crippen molar-refractivity contribution in [3.8, 4) is 17.2 Å². The molecule has 3 aromatic carbocycles. The Labute approximate surface area is 173 Å². The summed E-state index contributed by atoms with van der Waals surface area (Å²) in [6, 6.07) is 18.9. The zero-order valence-electron chi connectivity index (χ0n) is 15.9. The normalized spacial score (nSPS) is 11.3. The van der Waals surface area contributed by atoms with Crippen molar-refractivity contribution in [2.75, 3.05) is 12.4 Å². The number of hydrogen-bond acceptors (Lipinski definition) is 7. The molecule has 8 nitrogen and oxygen atoms in total. The highest BCUT2D eigenvalue weighted by Gasteiger charge is 2.08. The van der Waals surface area contributed by atoms with Crippen LogP contribution in [-0.2, 0) is 10.0 Å². The fourth-order valence-corrected chi connectivity index (χ4v) is 3.30. The van der Waals surface area contributed by atoms with E-state index < -0.39 is 10.0 Å². The lowest BCUT2D eigenvalue weighted by Gasteiger charge is -2.09. The zero-order chi connectivity index (χ0) is 21.1. The van der Waals surface area contributed by atoms with Crippen LogP contribution in [0.2, 0.25) is 0 Å². The van der Waals surface area contributed by atoms with E-state index in [1.807, 2.05) is 36.4 Å². The topological polar surface area (TPSA) is 116 Å². The van der Waals surface area contributed by atoms with E-state index in [9.17, 15) is 8.42 Å². The molecule has 1 heterocycles. The number of ether oxygens (including phenoxy) is 2. The van der Waals surface area contributed by atoms with Gasteiger partial charge < -0.3 is 14.8 Å². The maximum atomic E-state index is 11.4. The van der Waals surface area contributed by atoms with Crippen LogP contribution in [0, 0.1) is 0 Å². The third-order valence-electron chi connectivity index (χ3n) is 4.27. The van der Waals surface area contributed by atoms with Gasteiger partial charge in [0.25, 0.3) is 0 Å². The van der Waals surface area contributed by atoms with Crippen molar-refractivity contribution in [3.05, 3.63) is 72.9 Å². The number of rotatable bonds is 6. The summed E-state index contributed by atoms with van der Waals surface area (Å²) in [5.41, 5.74) is 1.32. The molecule has 0 aliphatic rings. The average molecular weight is 422 g/mol. The number of methoxy groups -OCH3 is 1. The molecular weight excluding hydrogens is 404 g/mol. The van der Waals surface area contributed by atoms with Crippen LogP contribution in [0.25, 0.3) is 10.9 Å². The molecule has 0 radical (unpaired) electrons. The van der Waals surface area contributed by atoms with Gasteiger partial charge in [-0.25, -0.2) is 23.5 Å². The van der Waals surface area contributed by atoms with Crippen molar-refractivity contribution in [2.24, 2.45) is 5.14 Å². The van der Waals surface area contributed by atoms with Crippen LogP contribution in [0.3, 0.4) is 0 Å². The summed E-state index contributed by atoms with van der Waals surface area (Å²) in [4.78, 5) is 8.83. The van der Waals surface area contributed by atoms with Crippen LogP contribution in [0.4, 0.5) is 11.6 Å². The van der Waals surface area contributed by atoms with Gasteiger partial charge in [-0.3, -0.25) is 0 Å². The second-order valence-electron chi connectivity index (χ2n) is 6.39. The first-order valence-electron chi connectivity index (χ1n) is 8.89. The first-order valence-corrected chi connectivity index (χ1v) is 10.4. The summed E-state index contributed by atoms with van der Waals surface area (Å²) < 4.78 is 33.8. The molecule has 4 rings (SSSR count). The Balaban J connectivity index is 1.57. The van der Waals surface area contributed by atoms with Gasteiger partial charge in [0, 0.05) is 29.4 Å². The van der Waals surface area contributed by atoms with Gasteiger partial charge >= 0.3 is 0 Å². The van der Waals surface area contributed by atoms with E-state index in [0.29, 0.717) is 34.4 Å². The van der Waals surface area contributed by atoms with Crippen molar-refractivity contribution in [3.63, 3.8) is 0 Å². The van der Waals surface area contributed by atoms with E-state index in [0.717, 1.165) is 5.39 Å². The molecule has 0 aliphatic carbocycles. The maximum Gasteiger partial charge on any atom is 0.238 e. The van der Waals surface area contributed by atoms with E-state index in [2.05, 4.69) is 15.3 Å². The van der Waals surface area contributed by atoms with Gasteiger partial charge in [0.2, 0.25) is 16.0 Å². The summed E-state index contributed by atoms with van der Waals surface area (Å²) in [6.45, 7) is 0. The lowest BCUT2D eigenvalue weighted by molar-refractivity contribution is 0.409. The van der Waals surface area contributed by atoms with Crippen LogP contribution >= 0.6 is 0 Å². The Morgan fingerprint density at radius 2 is 1.67 bits per heavy atom. The molecule has 4 aromatic rings. The van der Waals surface area contributed by atoms with Crippen LogP contribution in [0.15, 0.2) is 77.8 Å². The molecule has 0 spiro atoms. The molecule has 0 bridgehead atoms. The predicted octanol–water partition coefficient (Wildman–Crippen LogP) is 3.82. The number of nitrogens with one attached hydrogen (secondary N) is 1. The minimum absolute atomic E-state index is 0.0341. The molecule has 0 saturated heterocycles. The zero-order valence-corrected chi connectivity index (χ0v) is 16.8. The van der Waals surface area contributed by atoms with Gasteiger partial charge in [0.1, 0.15) is 17.2 Å². The van der Waals surface area contributed by atoms with Gasteiger partial charge in [-0.05, 0) is 48.5 Å². The number of hydrogen-bond donors (Lipinski definition) is 2. The first-order chi connectivity index (χ1) is 14.4. The van der Waals surface area contributed by atoms with Crippen LogP contribution < -0.4 is 19.9 Å². The van der Waals surface area contributed by atoms with Gasteiger partial charge in [-0.15, -0.1) is 0 Å². The number of benzene rings is 3. The SMILES string of the molecule is COc1cccc(Oc2ccc3cnc(Nc4ccc(S(N)(=O)=O)cc4)nc3c2)c1. The summed E-state index contributed by atoms with van der Waals surface area (Å²) in [5, 5.41) is 9.01. The molecule has 0 aliphatic heterocycles. The first kappa shape index (κ1) is 19.6. The van der Waals surface area contributed by atoms with E-state index in [1.165, 1.54) is 12.1 Å². The molecule has 0 atom stereocenters. The van der Waals surface area contributed by atoms with Crippen molar-refractivity contribution in [1.29, 1.82) is 0 Å². The van der Waals surface area contributed by atoms with Crippen molar-refractivity contribution in [1.82, 2.24) is 9.97 Å². The largest absolute Gasteiger partial charge is 0.497 e. The van der Waals surface area contributed by atoms with E-state index >= 15 is 0 Å². The number of anilines is 2. The summed E-state index contributed by atoms with van der Waals surface area (Å²) in [7, 11) is -2.14. The number of nitrogens with two attached hydrogens (primary N) is 1. The monoisotopic (exact) mass is 422 g/mol. The lowest BCUT2D eigenvalue weighted by atomic mass is 10.2. The quantitative estimate of drug-likeness (QED) is 0.485. The number of nitrogens with zero attached hydrogens (tertiary/aromatic N) is 2. The number of fused-ring (bicyclic) bond motifs is 1. The fraction of sp³-hybridized carbons (Fsp3) is 0.0476. The van der Waals surface area contributed by atoms with Crippen LogP contribution in [-0.4, -0.2) is 25.5 Å². The van der Waals surface area contributed by atoms with E-state index in [-0.39, 0.29) is 4.90 Å². The predicted molar refractivity (Wildman–Crippen MR) is 114 cm³/mol. The Bertz CT molecular complexity index is 1310. The van der Waals surface area contributed by atoms with Gasteiger partial charge in [0.15, 0.2) is 0 Å². The minimum atomic E-state index is -3.74. The fourth-order valence-electron chi connectivity index (χ4n) is 2.78. The Morgan fingerprint density at radius 1 is 0.933 bits per heavy atom. The highest BCUT2D eigenvalue weighted by atomic mass is 32.2. The number of sulfonamides is 1. The Morgan fingerprint density at radius 3 is 2.40 bits per heavy atom. The molecule has 3 N–H and O–H groups in total. The molecule has 9 heteroatoms. The summed E-state index contributed by atoms with van der Waals surface area (Å²) >= 11 is 0. The molecule has 0 unspecified atom stereocenters. The standard InChI is InChI=1S/C21H18N4O4S/c1-28-16-3-2-4-17(11-16)29-18-8-5-14-13-23-21(25-20(14)12-18)24-15-6-9-19(10-7-15)30(22,26)27/h2-13H,1H3,(H2,22,26,27)(H,23,24,25). The van der Waals surface area contributed by atoms with Crippen molar-refractivity contribution >= 4 is 32.6 Å². The van der Waals surface area contributed by atoms with E-state index in [4.69, 9.17) is 14.6 Å². The third-order valence-corrected chi connectivity index (χ3v) is 5.20. The molecule has 0 fully saturated rings. The van der Waals surface area contributed by atoms with Crippen molar-refractivity contribution < 1.29 is 17.9 Å². The highest BCUT2D eigenvalue weighted by Crippen LogP contribution is 2.28. The summed E-state index contributed by atoms with van der Waals surface area (Å²) in [6.07, 6.45) is 1.69.